The van der Waals surface area contributed by atoms with E-state index in [9.17, 15) is 0 Å². The second-order valence-electron chi connectivity index (χ2n) is 6.37. The van der Waals surface area contributed by atoms with Gasteiger partial charge in [-0.3, -0.25) is 4.98 Å². The van der Waals surface area contributed by atoms with Crippen molar-refractivity contribution in [2.45, 2.75) is 31.6 Å². The molecule has 26 heavy (non-hydrogen) atoms. The number of hydrogen-bond acceptors (Lipinski definition) is 5. The molecule has 1 fully saturated rings. The standard InChI is InChI=1S/C20H21IN2O3/c1-24-18-12-15-13-22-10-9-17(15)23(26-19-4-2-3-11-25-19)20(18)14-5-7-16(21)8-6-14/h5-10,12-13,19-20H,2-4,11H2,1H3. The summed E-state index contributed by atoms with van der Waals surface area (Å²) in [6.07, 6.45) is 8.50. The first-order chi connectivity index (χ1) is 12.8. The number of fused-ring (bicyclic) bond motifs is 1. The molecule has 0 radical (unpaired) electrons. The van der Waals surface area contributed by atoms with Crippen LogP contribution in [-0.2, 0) is 14.3 Å². The van der Waals surface area contributed by atoms with Gasteiger partial charge < -0.3 is 9.47 Å². The quantitative estimate of drug-likeness (QED) is 0.615. The van der Waals surface area contributed by atoms with E-state index < -0.39 is 0 Å². The van der Waals surface area contributed by atoms with E-state index in [4.69, 9.17) is 14.3 Å². The zero-order chi connectivity index (χ0) is 17.9. The normalized spacial score (nSPS) is 22.5. The second-order valence-corrected chi connectivity index (χ2v) is 7.61. The Morgan fingerprint density at radius 2 is 2.04 bits per heavy atom. The lowest BCUT2D eigenvalue weighted by Crippen LogP contribution is -2.39. The number of pyridine rings is 1. The smallest absolute Gasteiger partial charge is 0.183 e. The van der Waals surface area contributed by atoms with Crippen molar-refractivity contribution < 1.29 is 14.3 Å². The zero-order valence-electron chi connectivity index (χ0n) is 14.6. The maximum Gasteiger partial charge on any atom is 0.183 e. The van der Waals surface area contributed by atoms with E-state index >= 15 is 0 Å². The van der Waals surface area contributed by atoms with E-state index in [1.54, 1.807) is 13.3 Å². The van der Waals surface area contributed by atoms with Gasteiger partial charge in [-0.25, -0.2) is 9.90 Å². The van der Waals surface area contributed by atoms with Crippen LogP contribution in [0.5, 0.6) is 0 Å². The van der Waals surface area contributed by atoms with E-state index in [1.165, 1.54) is 3.57 Å². The van der Waals surface area contributed by atoms with Gasteiger partial charge in [0, 0.05) is 34.6 Å². The molecule has 1 saturated heterocycles. The average Bonchev–Trinajstić information content (AvgIpc) is 2.69. The maximum atomic E-state index is 6.35. The van der Waals surface area contributed by atoms with Gasteiger partial charge in [0.15, 0.2) is 6.29 Å². The molecule has 0 saturated carbocycles. The first-order valence-corrected chi connectivity index (χ1v) is 9.87. The van der Waals surface area contributed by atoms with Gasteiger partial charge in [-0.15, -0.1) is 0 Å². The highest BCUT2D eigenvalue weighted by molar-refractivity contribution is 14.1. The Bertz CT molecular complexity index is 788. The molecule has 0 bridgehead atoms. The molecule has 3 heterocycles. The summed E-state index contributed by atoms with van der Waals surface area (Å²) < 4.78 is 12.8. The number of nitrogens with zero attached hydrogens (tertiary/aromatic N) is 2. The number of halogens is 1. The van der Waals surface area contributed by atoms with Crippen LogP contribution in [0.25, 0.3) is 6.08 Å². The Morgan fingerprint density at radius 1 is 1.19 bits per heavy atom. The van der Waals surface area contributed by atoms with Crippen LogP contribution in [-0.4, -0.2) is 25.0 Å². The molecule has 5 nitrogen and oxygen atoms in total. The number of hydroxylamine groups is 1. The summed E-state index contributed by atoms with van der Waals surface area (Å²) in [5.41, 5.74) is 3.05. The molecule has 2 aliphatic heterocycles. The molecule has 0 N–H and O–H groups in total. The summed E-state index contributed by atoms with van der Waals surface area (Å²) >= 11 is 2.31. The van der Waals surface area contributed by atoms with Crippen LogP contribution >= 0.6 is 22.6 Å². The Morgan fingerprint density at radius 3 is 2.77 bits per heavy atom. The minimum Gasteiger partial charge on any atom is -0.498 e. The van der Waals surface area contributed by atoms with Crippen molar-refractivity contribution in [3.63, 3.8) is 0 Å². The van der Waals surface area contributed by atoms with Gasteiger partial charge in [-0.2, -0.15) is 0 Å². The molecular weight excluding hydrogens is 443 g/mol. The molecule has 0 aliphatic carbocycles. The largest absolute Gasteiger partial charge is 0.498 e. The molecule has 1 aromatic carbocycles. The number of anilines is 1. The third kappa shape index (κ3) is 3.58. The van der Waals surface area contributed by atoms with E-state index in [2.05, 4.69) is 51.8 Å². The lowest BCUT2D eigenvalue weighted by molar-refractivity contribution is -0.175. The van der Waals surface area contributed by atoms with Crippen LogP contribution in [0, 0.1) is 3.57 Å². The highest BCUT2D eigenvalue weighted by Gasteiger charge is 2.34. The topological polar surface area (TPSA) is 43.8 Å². The second kappa shape index (κ2) is 7.94. The number of benzene rings is 1. The molecule has 0 amide bonds. The van der Waals surface area contributed by atoms with Gasteiger partial charge in [0.1, 0.15) is 11.8 Å². The summed E-state index contributed by atoms with van der Waals surface area (Å²) in [5.74, 6) is 0.822. The molecule has 1 aromatic heterocycles. The van der Waals surface area contributed by atoms with Crippen LogP contribution in [0.15, 0.2) is 48.5 Å². The van der Waals surface area contributed by atoms with Crippen molar-refractivity contribution >= 4 is 34.4 Å². The Hall–Kier alpha value is -1.64. The van der Waals surface area contributed by atoms with Crippen molar-refractivity contribution in [3.8, 4) is 0 Å². The van der Waals surface area contributed by atoms with Crippen LogP contribution < -0.4 is 5.06 Å². The third-order valence-electron chi connectivity index (χ3n) is 4.66. The van der Waals surface area contributed by atoms with Crippen molar-refractivity contribution in [2.75, 3.05) is 18.8 Å². The van der Waals surface area contributed by atoms with E-state index in [-0.39, 0.29) is 12.3 Å². The minimum atomic E-state index is -0.243. The molecule has 4 rings (SSSR count). The van der Waals surface area contributed by atoms with Gasteiger partial charge in [-0.05, 0) is 65.3 Å². The molecule has 136 valence electrons. The van der Waals surface area contributed by atoms with Crippen LogP contribution in [0.1, 0.15) is 36.4 Å². The summed E-state index contributed by atoms with van der Waals surface area (Å²) in [7, 11) is 1.70. The monoisotopic (exact) mass is 464 g/mol. The fraction of sp³-hybridized carbons (Fsp3) is 0.350. The number of methoxy groups -OCH3 is 1. The summed E-state index contributed by atoms with van der Waals surface area (Å²) in [6.45, 7) is 0.739. The van der Waals surface area contributed by atoms with Gasteiger partial charge in [0.2, 0.25) is 0 Å². The van der Waals surface area contributed by atoms with Gasteiger partial charge in [0.25, 0.3) is 0 Å². The zero-order valence-corrected chi connectivity index (χ0v) is 16.8. The first-order valence-electron chi connectivity index (χ1n) is 8.79. The number of aromatic nitrogens is 1. The predicted octanol–water partition coefficient (Wildman–Crippen LogP) is 4.69. The van der Waals surface area contributed by atoms with Gasteiger partial charge in [-0.1, -0.05) is 12.1 Å². The lowest BCUT2D eigenvalue weighted by Gasteiger charge is -2.39. The summed E-state index contributed by atoms with van der Waals surface area (Å²) in [4.78, 5) is 10.6. The fourth-order valence-corrected chi connectivity index (χ4v) is 3.71. The molecule has 0 spiro atoms. The van der Waals surface area contributed by atoms with E-state index in [0.717, 1.165) is 48.4 Å². The fourth-order valence-electron chi connectivity index (χ4n) is 3.35. The molecule has 2 aromatic rings. The van der Waals surface area contributed by atoms with Crippen LogP contribution in [0.4, 0.5) is 5.69 Å². The summed E-state index contributed by atoms with van der Waals surface area (Å²) in [5, 5.41) is 1.92. The van der Waals surface area contributed by atoms with Crippen LogP contribution in [0.3, 0.4) is 0 Å². The van der Waals surface area contributed by atoms with Crippen molar-refractivity contribution in [2.24, 2.45) is 0 Å². The molecule has 2 atom stereocenters. The Labute approximate surface area is 167 Å². The Balaban J connectivity index is 1.75. The predicted molar refractivity (Wildman–Crippen MR) is 108 cm³/mol. The highest BCUT2D eigenvalue weighted by atomic mass is 127. The molecule has 6 heteroatoms. The SMILES string of the molecule is COC1=Cc2cnccc2N(OC2CCCCO2)C1c1ccc(I)cc1. The molecule has 2 aliphatic rings. The highest BCUT2D eigenvalue weighted by Crippen LogP contribution is 2.41. The third-order valence-corrected chi connectivity index (χ3v) is 5.38. The van der Waals surface area contributed by atoms with Crippen molar-refractivity contribution in [3.05, 3.63) is 63.2 Å². The van der Waals surface area contributed by atoms with Crippen molar-refractivity contribution in [1.29, 1.82) is 0 Å². The lowest BCUT2D eigenvalue weighted by atomic mass is 9.98. The van der Waals surface area contributed by atoms with Crippen LogP contribution in [0.2, 0.25) is 0 Å². The number of ether oxygens (including phenoxy) is 2. The first kappa shape index (κ1) is 17.8. The summed E-state index contributed by atoms with van der Waals surface area (Å²) in [6, 6.07) is 10.2. The van der Waals surface area contributed by atoms with E-state index in [0.29, 0.717) is 0 Å². The van der Waals surface area contributed by atoms with E-state index in [1.807, 2.05) is 23.4 Å². The maximum absolute atomic E-state index is 6.35. The molecular formula is C20H21IN2O3. The van der Waals surface area contributed by atoms with Crippen molar-refractivity contribution in [1.82, 2.24) is 4.98 Å². The number of rotatable bonds is 4. The van der Waals surface area contributed by atoms with Gasteiger partial charge in [0.05, 0.1) is 12.8 Å². The molecule has 2 unspecified atom stereocenters. The Kier molecular flexibility index (Phi) is 5.42. The van der Waals surface area contributed by atoms with Gasteiger partial charge >= 0.3 is 0 Å². The average molecular weight is 464 g/mol. The minimum absolute atomic E-state index is 0.169. The number of hydrogen-bond donors (Lipinski definition) is 0.